The lowest BCUT2D eigenvalue weighted by atomic mass is 9.84. The van der Waals surface area contributed by atoms with Crippen LogP contribution in [-0.2, 0) is 0 Å². The first-order chi connectivity index (χ1) is 11.1. The molecule has 23 heavy (non-hydrogen) atoms. The summed E-state index contributed by atoms with van der Waals surface area (Å²) in [7, 11) is 0. The van der Waals surface area contributed by atoms with Crippen molar-refractivity contribution >= 4 is 33.7 Å². The van der Waals surface area contributed by atoms with Crippen LogP contribution in [0.4, 0.5) is 0 Å². The minimum atomic E-state index is -0.528. The lowest BCUT2D eigenvalue weighted by Crippen LogP contribution is -2.57. The molecule has 7 heteroatoms. The smallest absolute Gasteiger partial charge is 0.272 e. The predicted octanol–water partition coefficient (Wildman–Crippen LogP) is 1.77. The van der Waals surface area contributed by atoms with E-state index in [1.54, 1.807) is 18.2 Å². The Morgan fingerprint density at radius 3 is 2.74 bits per heavy atom. The maximum absolute atomic E-state index is 12.6. The second-order valence-corrected chi connectivity index (χ2v) is 6.67. The molecule has 0 aliphatic carbocycles. The SMILES string of the molecule is O=C(Cl)c1ccc2c(C(=O)N[C@@H]3CN4CCC3CC4)n[nH]c2c1. The zero-order chi connectivity index (χ0) is 16.0. The molecule has 0 spiro atoms. The summed E-state index contributed by atoms with van der Waals surface area (Å²) in [5.74, 6) is 0.398. The first kappa shape index (κ1) is 14.7. The number of hydrogen-bond donors (Lipinski definition) is 2. The number of rotatable bonds is 3. The number of hydrogen-bond acceptors (Lipinski definition) is 4. The van der Waals surface area contributed by atoms with Crippen LogP contribution < -0.4 is 5.32 Å². The summed E-state index contributed by atoms with van der Waals surface area (Å²) in [6.45, 7) is 3.19. The van der Waals surface area contributed by atoms with Crippen molar-refractivity contribution in [3.8, 4) is 0 Å². The van der Waals surface area contributed by atoms with Crippen LogP contribution in [0.25, 0.3) is 10.9 Å². The summed E-state index contributed by atoms with van der Waals surface area (Å²) in [5, 5.41) is 10.2. The zero-order valence-electron chi connectivity index (χ0n) is 12.5. The van der Waals surface area contributed by atoms with Gasteiger partial charge in [0.25, 0.3) is 11.1 Å². The monoisotopic (exact) mass is 332 g/mol. The first-order valence-electron chi connectivity index (χ1n) is 7.83. The highest BCUT2D eigenvalue weighted by Gasteiger charge is 2.35. The fraction of sp³-hybridized carbons (Fsp3) is 0.438. The van der Waals surface area contributed by atoms with E-state index in [1.165, 1.54) is 0 Å². The summed E-state index contributed by atoms with van der Waals surface area (Å²) < 4.78 is 0. The van der Waals surface area contributed by atoms with Gasteiger partial charge < -0.3 is 10.2 Å². The molecule has 4 heterocycles. The summed E-state index contributed by atoms with van der Waals surface area (Å²) in [6.07, 6.45) is 2.29. The maximum atomic E-state index is 12.6. The molecule has 3 saturated heterocycles. The van der Waals surface area contributed by atoms with Crippen LogP contribution >= 0.6 is 11.6 Å². The van der Waals surface area contributed by atoms with Gasteiger partial charge in [0.15, 0.2) is 5.69 Å². The Balaban J connectivity index is 1.56. The molecule has 2 aromatic rings. The molecular formula is C16H17ClN4O2. The fourth-order valence-electron chi connectivity index (χ4n) is 3.68. The van der Waals surface area contributed by atoms with Crippen LogP contribution in [0.3, 0.4) is 0 Å². The minimum Gasteiger partial charge on any atom is -0.346 e. The van der Waals surface area contributed by atoms with E-state index in [-0.39, 0.29) is 11.9 Å². The molecule has 0 saturated carbocycles. The lowest BCUT2D eigenvalue weighted by Gasteiger charge is -2.44. The number of aromatic nitrogens is 2. The van der Waals surface area contributed by atoms with E-state index < -0.39 is 5.24 Å². The normalized spacial score (nSPS) is 26.4. The number of piperidine rings is 3. The van der Waals surface area contributed by atoms with Crippen molar-refractivity contribution in [2.75, 3.05) is 19.6 Å². The molecule has 1 atom stereocenters. The van der Waals surface area contributed by atoms with Gasteiger partial charge >= 0.3 is 0 Å². The van der Waals surface area contributed by atoms with E-state index >= 15 is 0 Å². The van der Waals surface area contributed by atoms with E-state index in [1.807, 2.05) is 0 Å². The van der Waals surface area contributed by atoms with E-state index in [2.05, 4.69) is 20.4 Å². The van der Waals surface area contributed by atoms with Crippen LogP contribution in [0.5, 0.6) is 0 Å². The summed E-state index contributed by atoms with van der Waals surface area (Å²) >= 11 is 5.48. The van der Waals surface area contributed by atoms with E-state index in [9.17, 15) is 9.59 Å². The number of aromatic amines is 1. The number of nitrogens with zero attached hydrogens (tertiary/aromatic N) is 2. The Morgan fingerprint density at radius 1 is 1.30 bits per heavy atom. The molecule has 2 N–H and O–H groups in total. The molecule has 6 nitrogen and oxygen atoms in total. The predicted molar refractivity (Wildman–Crippen MR) is 86.7 cm³/mol. The Hall–Kier alpha value is -1.92. The molecule has 3 fully saturated rings. The zero-order valence-corrected chi connectivity index (χ0v) is 13.3. The number of H-pyrrole nitrogens is 1. The number of carbonyl (C=O) groups excluding carboxylic acids is 2. The Bertz CT molecular complexity index is 779. The van der Waals surface area contributed by atoms with E-state index in [0.29, 0.717) is 28.1 Å². The molecule has 5 rings (SSSR count). The van der Waals surface area contributed by atoms with Crippen molar-refractivity contribution in [1.82, 2.24) is 20.4 Å². The van der Waals surface area contributed by atoms with Gasteiger partial charge in [0, 0.05) is 23.5 Å². The van der Waals surface area contributed by atoms with Crippen molar-refractivity contribution in [3.63, 3.8) is 0 Å². The third kappa shape index (κ3) is 2.62. The van der Waals surface area contributed by atoms with Gasteiger partial charge in [-0.2, -0.15) is 5.10 Å². The van der Waals surface area contributed by atoms with Crippen LogP contribution in [0, 0.1) is 5.92 Å². The summed E-state index contributed by atoms with van der Waals surface area (Å²) in [4.78, 5) is 26.2. The highest BCUT2D eigenvalue weighted by atomic mass is 35.5. The highest BCUT2D eigenvalue weighted by Crippen LogP contribution is 2.28. The average Bonchev–Trinajstić information content (AvgIpc) is 2.99. The molecule has 0 radical (unpaired) electrons. The number of nitrogens with one attached hydrogen (secondary N) is 2. The number of carbonyl (C=O) groups is 2. The Labute approximate surface area is 138 Å². The molecule has 3 aliphatic heterocycles. The maximum Gasteiger partial charge on any atom is 0.272 e. The number of amides is 1. The lowest BCUT2D eigenvalue weighted by molar-refractivity contribution is 0.0618. The molecule has 1 amide bonds. The number of fused-ring (bicyclic) bond motifs is 4. The van der Waals surface area contributed by atoms with Gasteiger partial charge in [0.1, 0.15) is 0 Å². The highest BCUT2D eigenvalue weighted by molar-refractivity contribution is 6.67. The van der Waals surface area contributed by atoms with Crippen molar-refractivity contribution in [1.29, 1.82) is 0 Å². The van der Waals surface area contributed by atoms with Gasteiger partial charge in [-0.05, 0) is 61.6 Å². The van der Waals surface area contributed by atoms with Gasteiger partial charge in [-0.1, -0.05) is 0 Å². The van der Waals surface area contributed by atoms with Gasteiger partial charge in [0.2, 0.25) is 0 Å². The van der Waals surface area contributed by atoms with Gasteiger partial charge in [-0.3, -0.25) is 14.7 Å². The quantitative estimate of drug-likeness (QED) is 0.840. The van der Waals surface area contributed by atoms with Gasteiger partial charge in [-0.25, -0.2) is 0 Å². The van der Waals surface area contributed by atoms with Gasteiger partial charge in [0.05, 0.1) is 5.52 Å². The van der Waals surface area contributed by atoms with Crippen molar-refractivity contribution < 1.29 is 9.59 Å². The third-order valence-electron chi connectivity index (χ3n) is 4.98. The molecule has 1 aromatic carbocycles. The number of halogens is 1. The molecular weight excluding hydrogens is 316 g/mol. The second kappa shape index (κ2) is 5.62. The Morgan fingerprint density at radius 2 is 2.09 bits per heavy atom. The largest absolute Gasteiger partial charge is 0.346 e. The second-order valence-electron chi connectivity index (χ2n) is 6.32. The van der Waals surface area contributed by atoms with Gasteiger partial charge in [-0.15, -0.1) is 0 Å². The minimum absolute atomic E-state index is 0.167. The van der Waals surface area contributed by atoms with Crippen LogP contribution in [-0.4, -0.2) is 51.9 Å². The van der Waals surface area contributed by atoms with E-state index in [0.717, 1.165) is 32.5 Å². The van der Waals surface area contributed by atoms with Crippen LogP contribution in [0.1, 0.15) is 33.7 Å². The average molecular weight is 333 g/mol. The summed E-state index contributed by atoms with van der Waals surface area (Å²) in [5.41, 5.74) is 1.38. The third-order valence-corrected chi connectivity index (χ3v) is 5.20. The topological polar surface area (TPSA) is 78.1 Å². The number of benzene rings is 1. The van der Waals surface area contributed by atoms with Crippen LogP contribution in [0.15, 0.2) is 18.2 Å². The standard InChI is InChI=1S/C16H17ClN4O2/c17-15(22)10-1-2-11-12(7-10)19-20-14(11)16(23)18-13-8-21-5-3-9(13)4-6-21/h1-2,7,9,13H,3-6,8H2,(H,18,23)(H,19,20)/t13-/m1/s1. The molecule has 0 unspecified atom stereocenters. The molecule has 3 aliphatic rings. The van der Waals surface area contributed by atoms with Crippen LogP contribution in [0.2, 0.25) is 0 Å². The van der Waals surface area contributed by atoms with Crippen molar-refractivity contribution in [3.05, 3.63) is 29.5 Å². The molecule has 2 bridgehead atoms. The molecule has 120 valence electrons. The van der Waals surface area contributed by atoms with E-state index in [4.69, 9.17) is 11.6 Å². The fourth-order valence-corrected chi connectivity index (χ4v) is 3.80. The first-order valence-corrected chi connectivity index (χ1v) is 8.21. The van der Waals surface area contributed by atoms with Crippen molar-refractivity contribution in [2.24, 2.45) is 5.92 Å². The Kier molecular flexibility index (Phi) is 3.58. The molecule has 1 aromatic heterocycles. The summed E-state index contributed by atoms with van der Waals surface area (Å²) in [6, 6.07) is 5.13. The van der Waals surface area contributed by atoms with Crippen molar-refractivity contribution in [2.45, 2.75) is 18.9 Å².